The first-order valence-electron chi connectivity index (χ1n) is 11.8. The van der Waals surface area contributed by atoms with Crippen molar-refractivity contribution in [1.82, 2.24) is 0 Å². The van der Waals surface area contributed by atoms with Crippen LogP contribution in [0.3, 0.4) is 0 Å². The molecular formula is C26H33ClFNO5S. The molecule has 0 aromatic heterocycles. The van der Waals surface area contributed by atoms with E-state index in [0.29, 0.717) is 18.5 Å². The average molecular weight is 526 g/mol. The number of carboxylic acid groups (broad SMARTS) is 1. The number of aliphatic carboxylic acids is 1. The lowest BCUT2D eigenvalue weighted by atomic mass is 9.79. The Morgan fingerprint density at radius 1 is 1.17 bits per heavy atom. The number of benzene rings is 2. The van der Waals surface area contributed by atoms with Gasteiger partial charge in [-0.3, -0.25) is 9.11 Å². The number of anilines is 2. The Hall–Kier alpha value is -2.26. The van der Waals surface area contributed by atoms with Gasteiger partial charge in [0.2, 0.25) is 5.83 Å². The van der Waals surface area contributed by atoms with Crippen molar-refractivity contribution in [2.24, 2.45) is 5.41 Å². The van der Waals surface area contributed by atoms with Crippen molar-refractivity contribution in [3.8, 4) is 5.75 Å². The molecule has 1 aliphatic rings. The monoisotopic (exact) mass is 525 g/mol. The molecule has 2 aromatic rings. The molecule has 0 spiro atoms. The first-order valence-corrected chi connectivity index (χ1v) is 13.9. The van der Waals surface area contributed by atoms with Crippen molar-refractivity contribution in [2.75, 3.05) is 17.2 Å². The third kappa shape index (κ3) is 6.50. The smallest absolute Gasteiger partial charge is 0.368 e. The third-order valence-corrected chi connectivity index (χ3v) is 8.68. The van der Waals surface area contributed by atoms with Crippen LogP contribution >= 0.6 is 22.2 Å². The molecule has 0 saturated heterocycles. The second-order valence-corrected chi connectivity index (χ2v) is 11.5. The molecule has 1 heterocycles. The van der Waals surface area contributed by atoms with Crippen LogP contribution in [0, 0.1) is 5.41 Å². The summed E-state index contributed by atoms with van der Waals surface area (Å²) in [7, 11) is -3.29. The lowest BCUT2D eigenvalue weighted by molar-refractivity contribution is -0.134. The predicted molar refractivity (Wildman–Crippen MR) is 140 cm³/mol. The highest BCUT2D eigenvalue weighted by Gasteiger charge is 2.42. The Labute approximate surface area is 212 Å². The van der Waals surface area contributed by atoms with Crippen molar-refractivity contribution in [1.29, 1.82) is 0 Å². The van der Waals surface area contributed by atoms with Crippen LogP contribution in [-0.2, 0) is 4.79 Å². The molecule has 6 nitrogen and oxygen atoms in total. The third-order valence-electron chi connectivity index (χ3n) is 6.34. The van der Waals surface area contributed by atoms with Gasteiger partial charge in [-0.05, 0) is 31.0 Å². The highest BCUT2D eigenvalue weighted by atomic mass is 35.5. The summed E-state index contributed by atoms with van der Waals surface area (Å²) in [5.41, 5.74) is 1.10. The number of halogens is 2. The number of hydrogen-bond acceptors (Lipinski definition) is 5. The molecule has 0 atom stereocenters. The number of unbranched alkanes of at least 4 members (excludes halogenated alkanes) is 2. The molecule has 35 heavy (non-hydrogen) atoms. The standard InChI is InChI=1S/C26H33ClFNO5S/c1-3-5-12-26(13-6-4-2)17-29(19-10-8-7-9-11-19)22-14-20(27)23(34-16-21(28)25(30)31)15-24(22)35(32,33)18-26/h7-11,14-16,32-33H,3-6,12-13,17-18H2,1-2H3,(H,30,31)/b21-16-. The van der Waals surface area contributed by atoms with Crippen LogP contribution in [0.2, 0.25) is 5.02 Å². The van der Waals surface area contributed by atoms with Crippen molar-refractivity contribution in [3.05, 3.63) is 59.6 Å². The Morgan fingerprint density at radius 2 is 1.80 bits per heavy atom. The highest BCUT2D eigenvalue weighted by molar-refractivity contribution is 8.24. The van der Waals surface area contributed by atoms with E-state index >= 15 is 0 Å². The number of carbonyl (C=O) groups is 1. The molecule has 0 fully saturated rings. The van der Waals surface area contributed by atoms with E-state index in [1.54, 1.807) is 6.07 Å². The van der Waals surface area contributed by atoms with Crippen LogP contribution in [0.25, 0.3) is 0 Å². The molecule has 0 amide bonds. The summed E-state index contributed by atoms with van der Waals surface area (Å²) >= 11 is 6.46. The van der Waals surface area contributed by atoms with Gasteiger partial charge in [0, 0.05) is 29.5 Å². The lowest BCUT2D eigenvalue weighted by Crippen LogP contribution is -2.37. The van der Waals surface area contributed by atoms with Crippen LogP contribution in [-0.4, -0.2) is 32.5 Å². The van der Waals surface area contributed by atoms with Crippen molar-refractivity contribution in [2.45, 2.75) is 57.3 Å². The minimum atomic E-state index is -3.29. The van der Waals surface area contributed by atoms with Crippen molar-refractivity contribution < 1.29 is 28.1 Å². The van der Waals surface area contributed by atoms with Gasteiger partial charge in [-0.1, -0.05) is 69.3 Å². The summed E-state index contributed by atoms with van der Waals surface area (Å²) in [4.78, 5) is 13.1. The topological polar surface area (TPSA) is 90.2 Å². The molecule has 192 valence electrons. The maximum atomic E-state index is 13.5. The van der Waals surface area contributed by atoms with Crippen LogP contribution in [0.5, 0.6) is 5.75 Å². The summed E-state index contributed by atoms with van der Waals surface area (Å²) in [6.45, 7) is 4.84. The molecule has 0 radical (unpaired) electrons. The number of fused-ring (bicyclic) bond motifs is 1. The quantitative estimate of drug-likeness (QED) is 0.214. The van der Waals surface area contributed by atoms with E-state index in [9.17, 15) is 18.3 Å². The van der Waals surface area contributed by atoms with Gasteiger partial charge in [-0.2, -0.15) is 15.0 Å². The van der Waals surface area contributed by atoms with Crippen LogP contribution in [0.15, 0.2) is 59.4 Å². The molecule has 3 rings (SSSR count). The molecular weight excluding hydrogens is 493 g/mol. The van der Waals surface area contributed by atoms with E-state index in [2.05, 4.69) is 18.7 Å². The highest BCUT2D eigenvalue weighted by Crippen LogP contribution is 2.62. The van der Waals surface area contributed by atoms with Gasteiger partial charge in [0.1, 0.15) is 12.0 Å². The lowest BCUT2D eigenvalue weighted by Gasteiger charge is -2.42. The van der Waals surface area contributed by atoms with E-state index < -0.39 is 22.4 Å². The van der Waals surface area contributed by atoms with Gasteiger partial charge in [-0.25, -0.2) is 4.79 Å². The Morgan fingerprint density at radius 3 is 2.37 bits per heavy atom. The zero-order chi connectivity index (χ0) is 25.6. The largest absolute Gasteiger partial charge is 0.476 e. The summed E-state index contributed by atoms with van der Waals surface area (Å²) < 4.78 is 41.8. The Kier molecular flexibility index (Phi) is 9.10. The van der Waals surface area contributed by atoms with Gasteiger partial charge in [0.15, 0.2) is 0 Å². The predicted octanol–water partition coefficient (Wildman–Crippen LogP) is 8.24. The molecule has 2 aromatic carbocycles. The zero-order valence-corrected chi connectivity index (χ0v) is 21.6. The Balaban J connectivity index is 2.18. The van der Waals surface area contributed by atoms with E-state index in [0.717, 1.165) is 44.2 Å². The number of para-hydroxylation sites is 1. The summed E-state index contributed by atoms with van der Waals surface area (Å²) in [5.74, 6) is -3.13. The van der Waals surface area contributed by atoms with Crippen molar-refractivity contribution in [3.63, 3.8) is 0 Å². The van der Waals surface area contributed by atoms with Crippen LogP contribution < -0.4 is 9.64 Å². The SMILES string of the molecule is CCCCC1(CCCC)CN(c2ccccc2)c2cc(Cl)c(O/C=C(\F)C(=O)O)cc2S(O)(O)C1. The fourth-order valence-electron chi connectivity index (χ4n) is 4.59. The molecule has 0 saturated carbocycles. The molecule has 1 aliphatic heterocycles. The fourth-order valence-corrected chi connectivity index (χ4v) is 6.98. The van der Waals surface area contributed by atoms with Crippen LogP contribution in [0.4, 0.5) is 15.8 Å². The number of carboxylic acids is 1. The van der Waals surface area contributed by atoms with Gasteiger partial charge in [0.05, 0.1) is 15.6 Å². The van der Waals surface area contributed by atoms with E-state index in [4.69, 9.17) is 21.4 Å². The number of hydrogen-bond donors (Lipinski definition) is 3. The number of rotatable bonds is 10. The number of nitrogens with zero attached hydrogens (tertiary/aromatic N) is 1. The van der Waals surface area contributed by atoms with Gasteiger partial charge >= 0.3 is 5.97 Å². The first-order chi connectivity index (χ1) is 16.6. The molecule has 9 heteroatoms. The van der Waals surface area contributed by atoms with Crippen molar-refractivity contribution >= 4 is 39.5 Å². The van der Waals surface area contributed by atoms with Crippen LogP contribution in [0.1, 0.15) is 52.4 Å². The Bertz CT molecular complexity index is 1060. The van der Waals surface area contributed by atoms with E-state index in [-0.39, 0.29) is 26.8 Å². The molecule has 0 aliphatic carbocycles. The van der Waals surface area contributed by atoms with E-state index in [1.807, 2.05) is 30.3 Å². The summed E-state index contributed by atoms with van der Waals surface area (Å²) in [6, 6.07) is 12.7. The molecule has 0 unspecified atom stereocenters. The minimum Gasteiger partial charge on any atom is -0.476 e. The van der Waals surface area contributed by atoms with Gasteiger partial charge in [0.25, 0.3) is 0 Å². The maximum Gasteiger partial charge on any atom is 0.368 e. The average Bonchev–Trinajstić information content (AvgIpc) is 2.92. The second kappa shape index (κ2) is 11.6. The maximum absolute atomic E-state index is 13.5. The van der Waals surface area contributed by atoms with E-state index in [1.165, 1.54) is 6.07 Å². The molecule has 0 bridgehead atoms. The summed E-state index contributed by atoms with van der Waals surface area (Å²) in [5, 5.41) is 8.86. The summed E-state index contributed by atoms with van der Waals surface area (Å²) in [6.07, 6.45) is 6.06. The van der Waals surface area contributed by atoms with Gasteiger partial charge in [-0.15, -0.1) is 0 Å². The molecule has 3 N–H and O–H groups in total. The fraction of sp³-hybridized carbons (Fsp3) is 0.423. The zero-order valence-electron chi connectivity index (χ0n) is 20.0. The normalized spacial score (nSPS) is 17.9. The second-order valence-electron chi connectivity index (χ2n) is 9.08. The first kappa shape index (κ1) is 27.3. The number of ether oxygens (including phenoxy) is 1. The van der Waals surface area contributed by atoms with Gasteiger partial charge < -0.3 is 14.7 Å². The minimum absolute atomic E-state index is 0.0515.